The van der Waals surface area contributed by atoms with Crippen LogP contribution in [0.25, 0.3) is 0 Å². The van der Waals surface area contributed by atoms with Gasteiger partial charge < -0.3 is 15.5 Å². The molecule has 7 nitrogen and oxygen atoms in total. The molecule has 3 aliphatic rings. The van der Waals surface area contributed by atoms with Gasteiger partial charge in [-0.3, -0.25) is 19.7 Å². The van der Waals surface area contributed by atoms with Crippen molar-refractivity contribution in [3.05, 3.63) is 34.9 Å². The number of benzene rings is 1. The van der Waals surface area contributed by atoms with Crippen molar-refractivity contribution in [3.63, 3.8) is 0 Å². The highest BCUT2D eigenvalue weighted by atomic mass is 16.2. The van der Waals surface area contributed by atoms with Gasteiger partial charge in [0.15, 0.2) is 0 Å². The fraction of sp³-hybridized carbons (Fsp3) is 0.550. The number of imide groups is 1. The molecule has 0 radical (unpaired) electrons. The normalized spacial score (nSPS) is 25.5. The Labute approximate surface area is 158 Å². The van der Waals surface area contributed by atoms with E-state index >= 15 is 0 Å². The van der Waals surface area contributed by atoms with Crippen LogP contribution in [-0.2, 0) is 22.7 Å². The molecule has 2 atom stereocenters. The monoisotopic (exact) mass is 370 g/mol. The Morgan fingerprint density at radius 3 is 2.85 bits per heavy atom. The van der Waals surface area contributed by atoms with Crippen molar-refractivity contribution in [2.75, 3.05) is 19.6 Å². The van der Waals surface area contributed by atoms with Gasteiger partial charge in [0, 0.05) is 25.1 Å². The Morgan fingerprint density at radius 1 is 1.19 bits per heavy atom. The predicted octanol–water partition coefficient (Wildman–Crippen LogP) is 0.537. The van der Waals surface area contributed by atoms with Crippen LogP contribution in [0, 0.1) is 5.92 Å². The summed E-state index contributed by atoms with van der Waals surface area (Å²) in [5.41, 5.74) is 2.79. The molecule has 0 aliphatic carbocycles. The second-order valence-corrected chi connectivity index (χ2v) is 7.69. The zero-order valence-electron chi connectivity index (χ0n) is 15.4. The minimum atomic E-state index is -0.559. The SMILES string of the molecule is O=C1CCC(N2Cc3c(CNC[C@H]4CCCNC4)cccc3C2=O)C(=O)N1. The van der Waals surface area contributed by atoms with E-state index < -0.39 is 6.04 Å². The van der Waals surface area contributed by atoms with Crippen LogP contribution in [0.1, 0.15) is 47.2 Å². The van der Waals surface area contributed by atoms with Gasteiger partial charge in [-0.2, -0.15) is 0 Å². The molecule has 144 valence electrons. The Morgan fingerprint density at radius 2 is 2.07 bits per heavy atom. The van der Waals surface area contributed by atoms with Gasteiger partial charge in [0.1, 0.15) is 6.04 Å². The van der Waals surface area contributed by atoms with Crippen molar-refractivity contribution in [2.24, 2.45) is 5.92 Å². The molecule has 1 unspecified atom stereocenters. The molecule has 3 aliphatic heterocycles. The quantitative estimate of drug-likeness (QED) is 0.658. The van der Waals surface area contributed by atoms with E-state index in [1.165, 1.54) is 12.8 Å². The van der Waals surface area contributed by atoms with Crippen molar-refractivity contribution in [1.82, 2.24) is 20.9 Å². The van der Waals surface area contributed by atoms with Crippen molar-refractivity contribution in [3.8, 4) is 0 Å². The van der Waals surface area contributed by atoms with Crippen LogP contribution < -0.4 is 16.0 Å². The molecule has 2 saturated heterocycles. The van der Waals surface area contributed by atoms with E-state index in [-0.39, 0.29) is 24.1 Å². The second-order valence-electron chi connectivity index (χ2n) is 7.69. The Bertz CT molecular complexity index is 758. The first-order chi connectivity index (χ1) is 13.1. The number of nitrogens with one attached hydrogen (secondary N) is 3. The molecule has 0 saturated carbocycles. The summed E-state index contributed by atoms with van der Waals surface area (Å²) in [6.07, 6.45) is 3.14. The van der Waals surface area contributed by atoms with Crippen LogP contribution >= 0.6 is 0 Å². The molecular formula is C20H26N4O3. The fourth-order valence-electron chi connectivity index (χ4n) is 4.32. The summed E-state index contributed by atoms with van der Waals surface area (Å²) in [6, 6.07) is 5.23. The van der Waals surface area contributed by atoms with E-state index in [1.807, 2.05) is 18.2 Å². The highest BCUT2D eigenvalue weighted by Crippen LogP contribution is 2.29. The number of hydrogen-bond acceptors (Lipinski definition) is 5. The number of piperidine rings is 2. The molecular weight excluding hydrogens is 344 g/mol. The lowest BCUT2D eigenvalue weighted by molar-refractivity contribution is -0.136. The Kier molecular flexibility index (Phi) is 5.22. The van der Waals surface area contributed by atoms with E-state index in [9.17, 15) is 14.4 Å². The van der Waals surface area contributed by atoms with Crippen molar-refractivity contribution in [2.45, 2.75) is 44.8 Å². The van der Waals surface area contributed by atoms with Crippen LogP contribution in [0.2, 0.25) is 0 Å². The number of hydrogen-bond donors (Lipinski definition) is 3. The van der Waals surface area contributed by atoms with Crippen LogP contribution in [0.15, 0.2) is 18.2 Å². The molecule has 3 heterocycles. The summed E-state index contributed by atoms with van der Waals surface area (Å²) in [5, 5.41) is 9.31. The molecule has 1 aromatic carbocycles. The summed E-state index contributed by atoms with van der Waals surface area (Å²) in [5.74, 6) is -0.0886. The Hall–Kier alpha value is -2.25. The molecule has 3 amide bonds. The molecule has 0 spiro atoms. The fourth-order valence-corrected chi connectivity index (χ4v) is 4.32. The zero-order chi connectivity index (χ0) is 18.8. The maximum absolute atomic E-state index is 12.8. The first-order valence-electron chi connectivity index (χ1n) is 9.80. The van der Waals surface area contributed by atoms with E-state index in [4.69, 9.17) is 0 Å². The smallest absolute Gasteiger partial charge is 0.255 e. The summed E-state index contributed by atoms with van der Waals surface area (Å²) < 4.78 is 0. The minimum Gasteiger partial charge on any atom is -0.322 e. The average molecular weight is 370 g/mol. The summed E-state index contributed by atoms with van der Waals surface area (Å²) in [6.45, 7) is 4.28. The van der Waals surface area contributed by atoms with E-state index in [0.29, 0.717) is 24.4 Å². The lowest BCUT2D eigenvalue weighted by Crippen LogP contribution is -2.52. The molecule has 3 N–H and O–H groups in total. The lowest BCUT2D eigenvalue weighted by Gasteiger charge is -2.29. The molecule has 0 bridgehead atoms. The van der Waals surface area contributed by atoms with Crippen LogP contribution in [-0.4, -0.2) is 48.3 Å². The lowest BCUT2D eigenvalue weighted by atomic mass is 9.99. The van der Waals surface area contributed by atoms with E-state index in [1.54, 1.807) is 4.90 Å². The number of carbonyl (C=O) groups is 3. The van der Waals surface area contributed by atoms with Gasteiger partial charge in [-0.05, 0) is 62.0 Å². The third-order valence-corrected chi connectivity index (χ3v) is 5.83. The second kappa shape index (κ2) is 7.78. The van der Waals surface area contributed by atoms with E-state index in [0.717, 1.165) is 37.3 Å². The topological polar surface area (TPSA) is 90.5 Å². The largest absolute Gasteiger partial charge is 0.322 e. The van der Waals surface area contributed by atoms with Crippen LogP contribution in [0.5, 0.6) is 0 Å². The summed E-state index contributed by atoms with van der Waals surface area (Å²) in [7, 11) is 0. The highest BCUT2D eigenvalue weighted by molar-refractivity contribution is 6.05. The van der Waals surface area contributed by atoms with Gasteiger partial charge in [-0.15, -0.1) is 0 Å². The third-order valence-electron chi connectivity index (χ3n) is 5.83. The molecule has 7 heteroatoms. The molecule has 27 heavy (non-hydrogen) atoms. The van der Waals surface area contributed by atoms with Gasteiger partial charge in [0.05, 0.1) is 0 Å². The van der Waals surface area contributed by atoms with Crippen molar-refractivity contribution >= 4 is 17.7 Å². The number of fused-ring (bicyclic) bond motifs is 1. The van der Waals surface area contributed by atoms with Crippen LogP contribution in [0.3, 0.4) is 0 Å². The maximum atomic E-state index is 12.8. The van der Waals surface area contributed by atoms with Crippen molar-refractivity contribution in [1.29, 1.82) is 0 Å². The number of nitrogens with zero attached hydrogens (tertiary/aromatic N) is 1. The summed E-state index contributed by atoms with van der Waals surface area (Å²) >= 11 is 0. The number of rotatable bonds is 5. The highest BCUT2D eigenvalue weighted by Gasteiger charge is 2.39. The van der Waals surface area contributed by atoms with Gasteiger partial charge in [-0.1, -0.05) is 12.1 Å². The predicted molar refractivity (Wildman–Crippen MR) is 99.8 cm³/mol. The maximum Gasteiger partial charge on any atom is 0.255 e. The standard InChI is InChI=1S/C20H26N4O3/c25-18-7-6-17(19(26)23-18)24-12-16-14(4-1-5-15(16)20(24)27)11-22-10-13-3-2-8-21-9-13/h1,4-5,13,17,21-22H,2-3,6-12H2,(H,23,25,26)/t13-,17?/m0/s1. The van der Waals surface area contributed by atoms with Crippen LogP contribution in [0.4, 0.5) is 0 Å². The minimum absolute atomic E-state index is 0.113. The molecule has 1 aromatic rings. The molecule has 0 aromatic heterocycles. The number of amides is 3. The Balaban J connectivity index is 1.42. The zero-order valence-corrected chi connectivity index (χ0v) is 15.4. The average Bonchev–Trinajstić information content (AvgIpc) is 3.00. The van der Waals surface area contributed by atoms with E-state index in [2.05, 4.69) is 16.0 Å². The van der Waals surface area contributed by atoms with Gasteiger partial charge in [0.2, 0.25) is 11.8 Å². The van der Waals surface area contributed by atoms with Crippen molar-refractivity contribution < 1.29 is 14.4 Å². The third kappa shape index (κ3) is 3.75. The first kappa shape index (κ1) is 18.1. The number of carbonyl (C=O) groups excluding carboxylic acids is 3. The molecule has 4 rings (SSSR count). The summed E-state index contributed by atoms with van der Waals surface area (Å²) in [4.78, 5) is 38.0. The van der Waals surface area contributed by atoms with Gasteiger partial charge in [-0.25, -0.2) is 0 Å². The molecule has 2 fully saturated rings. The first-order valence-corrected chi connectivity index (χ1v) is 9.80. The van der Waals surface area contributed by atoms with Gasteiger partial charge >= 0.3 is 0 Å². The van der Waals surface area contributed by atoms with Gasteiger partial charge in [0.25, 0.3) is 5.91 Å².